The number of nitrogens with one attached hydrogen (secondary N) is 1. The van der Waals surface area contributed by atoms with Crippen LogP contribution in [-0.4, -0.2) is 32.9 Å². The molecule has 1 N–H and O–H groups in total. The predicted molar refractivity (Wildman–Crippen MR) is 129 cm³/mol. The number of nitrogens with zero attached hydrogens (tertiary/aromatic N) is 2. The van der Waals surface area contributed by atoms with Gasteiger partial charge in [-0.2, -0.15) is 0 Å². The summed E-state index contributed by atoms with van der Waals surface area (Å²) in [6, 6.07) is 11.7. The lowest BCUT2D eigenvalue weighted by Gasteiger charge is -2.44. The second-order valence-corrected chi connectivity index (χ2v) is 10.6. The Kier molecular flexibility index (Phi) is 5.76. The van der Waals surface area contributed by atoms with Gasteiger partial charge in [-0.15, -0.1) is 11.3 Å². The molecule has 168 valence electrons. The fourth-order valence-electron chi connectivity index (χ4n) is 5.08. The van der Waals surface area contributed by atoms with E-state index in [0.717, 1.165) is 41.5 Å². The molecule has 0 unspecified atom stereocenters. The van der Waals surface area contributed by atoms with Crippen molar-refractivity contribution in [2.24, 2.45) is 0 Å². The van der Waals surface area contributed by atoms with Crippen molar-refractivity contribution in [2.75, 3.05) is 0 Å². The topological polar surface area (TPSA) is 54.3 Å². The fourth-order valence-corrected chi connectivity index (χ4v) is 6.10. The van der Waals surface area contributed by atoms with Crippen molar-refractivity contribution in [1.82, 2.24) is 14.8 Å². The van der Waals surface area contributed by atoms with Crippen molar-refractivity contribution in [3.8, 4) is 0 Å². The Balaban J connectivity index is 1.53. The molecular formula is C25H28ClN3O2S. The highest BCUT2D eigenvalue weighted by molar-refractivity contribution is 7.17. The first-order chi connectivity index (χ1) is 15.5. The smallest absolute Gasteiger partial charge is 0.271 e. The Morgan fingerprint density at radius 3 is 2.69 bits per heavy atom. The van der Waals surface area contributed by atoms with E-state index in [1.54, 1.807) is 16.2 Å². The molecule has 7 heteroatoms. The summed E-state index contributed by atoms with van der Waals surface area (Å²) in [6.07, 6.45) is 6.74. The van der Waals surface area contributed by atoms with Gasteiger partial charge in [0.1, 0.15) is 11.2 Å². The number of carbonyl (C=O) groups excluding carboxylic acids is 2. The standard InChI is InChI=1S/C25H28ClN3O2S/c1-25(24(31)27-18-9-4-2-3-5-10-18)16-28-20-12-13-32-22(20)14-21(28)23(30)29(25)15-17-8-6-7-11-19(17)26/h6-8,11-14,18H,2-5,9-10,15-16H2,1H3,(H,27,31)/t25-/m0/s1. The second kappa shape index (κ2) is 8.56. The number of hydrogen-bond donors (Lipinski definition) is 1. The molecule has 2 amide bonds. The zero-order valence-electron chi connectivity index (χ0n) is 18.3. The average Bonchev–Trinajstić information content (AvgIpc) is 3.27. The van der Waals surface area contributed by atoms with E-state index in [2.05, 4.69) is 5.32 Å². The summed E-state index contributed by atoms with van der Waals surface area (Å²) in [5.74, 6) is -0.203. The third kappa shape index (κ3) is 3.73. The molecule has 2 aliphatic rings. The van der Waals surface area contributed by atoms with Gasteiger partial charge in [-0.05, 0) is 48.9 Å². The van der Waals surface area contributed by atoms with Crippen molar-refractivity contribution < 1.29 is 9.59 Å². The van der Waals surface area contributed by atoms with Crippen molar-refractivity contribution in [3.63, 3.8) is 0 Å². The molecule has 1 aliphatic heterocycles. The third-order valence-electron chi connectivity index (χ3n) is 7.01. The van der Waals surface area contributed by atoms with Crippen LogP contribution in [0.4, 0.5) is 0 Å². The van der Waals surface area contributed by atoms with Crippen LogP contribution < -0.4 is 5.32 Å². The zero-order valence-corrected chi connectivity index (χ0v) is 19.8. The number of thiophene rings is 1. The predicted octanol–water partition coefficient (Wildman–Crippen LogP) is 5.61. The number of hydrogen-bond acceptors (Lipinski definition) is 3. The van der Waals surface area contributed by atoms with E-state index in [-0.39, 0.29) is 17.9 Å². The van der Waals surface area contributed by atoms with Gasteiger partial charge in [0.25, 0.3) is 5.91 Å². The fraction of sp³-hybridized carbons (Fsp3) is 0.440. The van der Waals surface area contributed by atoms with Gasteiger partial charge in [0.15, 0.2) is 0 Å². The lowest BCUT2D eigenvalue weighted by atomic mass is 9.93. The van der Waals surface area contributed by atoms with E-state index in [0.29, 0.717) is 23.8 Å². The summed E-state index contributed by atoms with van der Waals surface area (Å²) in [5.41, 5.74) is 1.49. The number of halogens is 1. The minimum absolute atomic E-state index is 0.0764. The maximum absolute atomic E-state index is 13.8. The minimum atomic E-state index is -1.01. The van der Waals surface area contributed by atoms with Gasteiger partial charge < -0.3 is 14.8 Å². The van der Waals surface area contributed by atoms with Crippen molar-refractivity contribution in [3.05, 3.63) is 58.1 Å². The Bertz CT molecular complexity index is 1160. The largest absolute Gasteiger partial charge is 0.351 e. The summed E-state index contributed by atoms with van der Waals surface area (Å²) in [5, 5.41) is 5.94. The first-order valence-corrected chi connectivity index (χ1v) is 12.7. The average molecular weight is 470 g/mol. The minimum Gasteiger partial charge on any atom is -0.351 e. The van der Waals surface area contributed by atoms with Crippen LogP contribution in [0.5, 0.6) is 0 Å². The quantitative estimate of drug-likeness (QED) is 0.505. The molecule has 32 heavy (non-hydrogen) atoms. The van der Waals surface area contributed by atoms with E-state index in [9.17, 15) is 9.59 Å². The number of aromatic nitrogens is 1. The molecule has 3 heterocycles. The lowest BCUT2D eigenvalue weighted by molar-refractivity contribution is -0.134. The van der Waals surface area contributed by atoms with Gasteiger partial charge in [-0.1, -0.05) is 55.5 Å². The lowest BCUT2D eigenvalue weighted by Crippen LogP contribution is -2.64. The molecule has 0 spiro atoms. The summed E-state index contributed by atoms with van der Waals surface area (Å²) >= 11 is 8.06. The monoisotopic (exact) mass is 469 g/mol. The number of benzene rings is 1. The molecule has 0 bridgehead atoms. The zero-order chi connectivity index (χ0) is 22.3. The first kappa shape index (κ1) is 21.5. The summed E-state index contributed by atoms with van der Waals surface area (Å²) in [6.45, 7) is 2.62. The van der Waals surface area contributed by atoms with Crippen molar-refractivity contribution in [1.29, 1.82) is 0 Å². The highest BCUT2D eigenvalue weighted by atomic mass is 35.5. The van der Waals surface area contributed by atoms with Crippen molar-refractivity contribution >= 4 is 45.0 Å². The van der Waals surface area contributed by atoms with Crippen LogP contribution in [-0.2, 0) is 17.9 Å². The number of fused-ring (bicyclic) bond motifs is 3. The summed E-state index contributed by atoms with van der Waals surface area (Å²) in [7, 11) is 0. The maximum Gasteiger partial charge on any atom is 0.271 e. The molecule has 3 aromatic rings. The van der Waals surface area contributed by atoms with Gasteiger partial charge in [0, 0.05) is 17.6 Å². The van der Waals surface area contributed by atoms with E-state index in [1.807, 2.05) is 53.3 Å². The molecule has 1 atom stereocenters. The van der Waals surface area contributed by atoms with Crippen LogP contribution in [0.1, 0.15) is 61.5 Å². The normalized spacial score (nSPS) is 22.1. The second-order valence-electron chi connectivity index (χ2n) is 9.20. The highest BCUT2D eigenvalue weighted by Gasteiger charge is 2.48. The first-order valence-electron chi connectivity index (χ1n) is 11.4. The molecule has 0 radical (unpaired) electrons. The van der Waals surface area contributed by atoms with E-state index >= 15 is 0 Å². The highest BCUT2D eigenvalue weighted by Crippen LogP contribution is 2.36. The number of carbonyl (C=O) groups is 2. The molecule has 2 aromatic heterocycles. The van der Waals surface area contributed by atoms with Crippen LogP contribution in [0.25, 0.3) is 10.2 Å². The van der Waals surface area contributed by atoms with Crippen LogP contribution in [0.15, 0.2) is 41.8 Å². The molecule has 0 saturated heterocycles. The third-order valence-corrected chi connectivity index (χ3v) is 8.24. The van der Waals surface area contributed by atoms with Crippen LogP contribution in [0.2, 0.25) is 5.02 Å². The van der Waals surface area contributed by atoms with Crippen LogP contribution in [0, 0.1) is 0 Å². The summed E-state index contributed by atoms with van der Waals surface area (Å²) in [4.78, 5) is 29.3. The number of rotatable bonds is 4. The van der Waals surface area contributed by atoms with Crippen molar-refractivity contribution in [2.45, 2.75) is 70.1 Å². The Labute approximate surface area is 197 Å². The Morgan fingerprint density at radius 2 is 1.94 bits per heavy atom. The molecule has 5 rings (SSSR count). The SMILES string of the molecule is C[C@@]1(C(=O)NC2CCCCCC2)Cn2c(cc3sccc32)C(=O)N1Cc1ccccc1Cl. The van der Waals surface area contributed by atoms with Gasteiger partial charge in [0.05, 0.1) is 16.8 Å². The molecule has 1 aliphatic carbocycles. The van der Waals surface area contributed by atoms with Crippen LogP contribution >= 0.6 is 22.9 Å². The van der Waals surface area contributed by atoms with Crippen LogP contribution in [0.3, 0.4) is 0 Å². The maximum atomic E-state index is 13.8. The van der Waals surface area contributed by atoms with Gasteiger partial charge in [0.2, 0.25) is 5.91 Å². The Morgan fingerprint density at radius 1 is 1.19 bits per heavy atom. The Hall–Kier alpha value is -2.31. The molecule has 1 saturated carbocycles. The van der Waals surface area contributed by atoms with Gasteiger partial charge in [-0.25, -0.2) is 0 Å². The molecular weight excluding hydrogens is 442 g/mol. The van der Waals surface area contributed by atoms with E-state index in [4.69, 9.17) is 11.6 Å². The molecule has 1 aromatic carbocycles. The summed E-state index contributed by atoms with van der Waals surface area (Å²) < 4.78 is 3.09. The molecule has 5 nitrogen and oxygen atoms in total. The van der Waals surface area contributed by atoms with E-state index < -0.39 is 5.54 Å². The van der Waals surface area contributed by atoms with E-state index in [1.165, 1.54) is 12.8 Å². The van der Waals surface area contributed by atoms with Gasteiger partial charge in [-0.3, -0.25) is 9.59 Å². The van der Waals surface area contributed by atoms with Gasteiger partial charge >= 0.3 is 0 Å². The molecule has 1 fully saturated rings. The number of amides is 2.